The monoisotopic (exact) mass is 505 g/mol. The van der Waals surface area contributed by atoms with Gasteiger partial charge in [0.1, 0.15) is 17.2 Å². The fraction of sp³-hybridized carbons (Fsp3) is 0.478. The van der Waals surface area contributed by atoms with Gasteiger partial charge in [0.25, 0.3) is 0 Å². The lowest BCUT2D eigenvalue weighted by Crippen LogP contribution is -2.29. The summed E-state index contributed by atoms with van der Waals surface area (Å²) in [6.07, 6.45) is 6.02. The number of nitrogens with two attached hydrogens (primary N) is 1. The number of amides is 1. The number of fused-ring (bicyclic) bond motifs is 1. The average Bonchev–Trinajstić information content (AvgIpc) is 3.40. The van der Waals surface area contributed by atoms with Crippen LogP contribution in [0.4, 0.5) is 26.4 Å². The molecule has 5 rings (SSSR count). The van der Waals surface area contributed by atoms with Crippen molar-refractivity contribution < 1.29 is 18.7 Å². The van der Waals surface area contributed by atoms with Gasteiger partial charge in [-0.3, -0.25) is 9.36 Å². The molecule has 12 heteroatoms. The molecular formula is C23H26ClF2N7O2. The SMILES string of the molecule is NC(=O)[C@H]1CC[C@H](n2c(Nc3cc(F)c(Cl)cc3F)nc3cnc(N[C@@H]4CCC[C@H]4O)nc32)CC1. The van der Waals surface area contributed by atoms with Crippen LogP contribution < -0.4 is 16.4 Å². The Balaban J connectivity index is 1.53. The number of nitrogens with zero attached hydrogens (tertiary/aromatic N) is 4. The highest BCUT2D eigenvalue weighted by Gasteiger charge is 2.30. The molecule has 2 aliphatic rings. The van der Waals surface area contributed by atoms with Gasteiger partial charge < -0.3 is 21.5 Å². The van der Waals surface area contributed by atoms with E-state index in [0.29, 0.717) is 42.8 Å². The molecule has 1 aromatic carbocycles. The van der Waals surface area contributed by atoms with Gasteiger partial charge in [0.15, 0.2) is 5.65 Å². The predicted octanol–water partition coefficient (Wildman–Crippen LogP) is 4.04. The van der Waals surface area contributed by atoms with Gasteiger partial charge in [0.05, 0.1) is 29.1 Å². The number of imidazole rings is 1. The number of anilines is 3. The van der Waals surface area contributed by atoms with Crippen LogP contribution in [0.1, 0.15) is 51.0 Å². The maximum absolute atomic E-state index is 14.6. The van der Waals surface area contributed by atoms with Crippen molar-refractivity contribution >= 4 is 46.3 Å². The maximum Gasteiger partial charge on any atom is 0.225 e. The summed E-state index contributed by atoms with van der Waals surface area (Å²) in [7, 11) is 0. The van der Waals surface area contributed by atoms with Crippen molar-refractivity contribution in [3.8, 4) is 0 Å². The molecule has 2 saturated carbocycles. The van der Waals surface area contributed by atoms with E-state index in [1.807, 2.05) is 4.57 Å². The van der Waals surface area contributed by atoms with Crippen LogP contribution >= 0.6 is 11.6 Å². The van der Waals surface area contributed by atoms with E-state index in [9.17, 15) is 18.7 Å². The number of halogens is 3. The Morgan fingerprint density at radius 3 is 2.57 bits per heavy atom. The summed E-state index contributed by atoms with van der Waals surface area (Å²) >= 11 is 5.70. The largest absolute Gasteiger partial charge is 0.391 e. The van der Waals surface area contributed by atoms with Crippen molar-refractivity contribution in [3.63, 3.8) is 0 Å². The second-order valence-corrected chi connectivity index (χ2v) is 9.64. The first-order valence-electron chi connectivity index (χ1n) is 11.7. The number of carbonyl (C=O) groups excluding carboxylic acids is 1. The highest BCUT2D eigenvalue weighted by atomic mass is 35.5. The smallest absolute Gasteiger partial charge is 0.225 e. The summed E-state index contributed by atoms with van der Waals surface area (Å²) in [4.78, 5) is 25.2. The number of aromatic nitrogens is 4. The molecule has 3 aromatic rings. The fourth-order valence-corrected chi connectivity index (χ4v) is 5.18. The lowest BCUT2D eigenvalue weighted by molar-refractivity contribution is -0.122. The summed E-state index contributed by atoms with van der Waals surface area (Å²) in [5.74, 6) is -1.38. The van der Waals surface area contributed by atoms with Crippen LogP contribution in [0.2, 0.25) is 5.02 Å². The van der Waals surface area contributed by atoms with Gasteiger partial charge in [-0.2, -0.15) is 4.98 Å². The fourth-order valence-electron chi connectivity index (χ4n) is 5.03. The molecule has 9 nitrogen and oxygen atoms in total. The minimum absolute atomic E-state index is 0.0990. The molecule has 2 heterocycles. The quantitative estimate of drug-likeness (QED) is 0.372. The summed E-state index contributed by atoms with van der Waals surface area (Å²) in [5, 5.41) is 15.9. The molecular weight excluding hydrogens is 480 g/mol. The molecule has 1 amide bonds. The maximum atomic E-state index is 14.6. The van der Waals surface area contributed by atoms with E-state index in [2.05, 4.69) is 25.6 Å². The third kappa shape index (κ3) is 4.74. The number of aliphatic hydroxyl groups excluding tert-OH is 1. The van der Waals surface area contributed by atoms with Gasteiger partial charge in [0.2, 0.25) is 17.8 Å². The van der Waals surface area contributed by atoms with E-state index in [-0.39, 0.29) is 40.6 Å². The molecule has 186 valence electrons. The molecule has 2 aliphatic carbocycles. The van der Waals surface area contributed by atoms with Crippen molar-refractivity contribution in [1.29, 1.82) is 0 Å². The predicted molar refractivity (Wildman–Crippen MR) is 127 cm³/mol. The van der Waals surface area contributed by atoms with Crippen LogP contribution in [0.3, 0.4) is 0 Å². The number of benzene rings is 1. The molecule has 2 atom stereocenters. The van der Waals surface area contributed by atoms with E-state index in [0.717, 1.165) is 31.4 Å². The number of hydrogen-bond donors (Lipinski definition) is 4. The Labute approximate surface area is 205 Å². The third-order valence-corrected chi connectivity index (χ3v) is 7.24. The zero-order chi connectivity index (χ0) is 24.7. The Morgan fingerprint density at radius 2 is 1.89 bits per heavy atom. The summed E-state index contributed by atoms with van der Waals surface area (Å²) in [6, 6.07) is 1.64. The molecule has 0 radical (unpaired) electrons. The third-order valence-electron chi connectivity index (χ3n) is 6.95. The van der Waals surface area contributed by atoms with Crippen LogP contribution in [0, 0.1) is 17.6 Å². The zero-order valence-electron chi connectivity index (χ0n) is 18.8. The zero-order valence-corrected chi connectivity index (χ0v) is 19.6. The van der Waals surface area contributed by atoms with E-state index >= 15 is 0 Å². The Morgan fingerprint density at radius 1 is 1.11 bits per heavy atom. The van der Waals surface area contributed by atoms with Gasteiger partial charge in [-0.25, -0.2) is 18.7 Å². The molecule has 0 bridgehead atoms. The molecule has 0 aliphatic heterocycles. The number of nitrogens with one attached hydrogen (secondary N) is 2. The van der Waals surface area contributed by atoms with Crippen molar-refractivity contribution in [1.82, 2.24) is 19.5 Å². The van der Waals surface area contributed by atoms with Crippen LogP contribution in [0.5, 0.6) is 0 Å². The van der Waals surface area contributed by atoms with Gasteiger partial charge in [0, 0.05) is 18.0 Å². The highest BCUT2D eigenvalue weighted by Crippen LogP contribution is 2.37. The van der Waals surface area contributed by atoms with Gasteiger partial charge >= 0.3 is 0 Å². The standard InChI is InChI=1S/C23H26ClF2N7O2/c24-13-8-15(26)17(9-14(13)25)30-23-31-18-10-28-22(29-16-2-1-3-19(16)34)32-21(18)33(23)12-6-4-11(5-7-12)20(27)35/h8-12,16,19,34H,1-7H2,(H2,27,35)(H,30,31)(H,28,29,32)/t11-,12-,16-,19-/m1/s1. The number of hydrogen-bond acceptors (Lipinski definition) is 7. The number of rotatable bonds is 6. The van der Waals surface area contributed by atoms with E-state index in [1.165, 1.54) is 0 Å². The Bertz CT molecular complexity index is 1260. The molecule has 0 spiro atoms. The molecule has 2 aromatic heterocycles. The molecule has 35 heavy (non-hydrogen) atoms. The lowest BCUT2D eigenvalue weighted by atomic mass is 9.85. The molecule has 0 unspecified atom stereocenters. The highest BCUT2D eigenvalue weighted by molar-refractivity contribution is 6.30. The van der Waals surface area contributed by atoms with Crippen LogP contribution in [0.25, 0.3) is 11.2 Å². The minimum atomic E-state index is -0.762. The van der Waals surface area contributed by atoms with Crippen molar-refractivity contribution in [2.75, 3.05) is 10.6 Å². The van der Waals surface area contributed by atoms with Crippen molar-refractivity contribution in [2.24, 2.45) is 11.7 Å². The lowest BCUT2D eigenvalue weighted by Gasteiger charge is -2.29. The second-order valence-electron chi connectivity index (χ2n) is 9.24. The van der Waals surface area contributed by atoms with Gasteiger partial charge in [-0.15, -0.1) is 0 Å². The molecule has 0 saturated heterocycles. The normalized spacial score (nSPS) is 24.6. The summed E-state index contributed by atoms with van der Waals surface area (Å²) in [5.41, 5.74) is 6.36. The topological polar surface area (TPSA) is 131 Å². The van der Waals surface area contributed by atoms with E-state index in [4.69, 9.17) is 17.3 Å². The van der Waals surface area contributed by atoms with E-state index < -0.39 is 17.7 Å². The Hall–Kier alpha value is -3.05. The van der Waals surface area contributed by atoms with Gasteiger partial charge in [-0.1, -0.05) is 11.6 Å². The first kappa shape index (κ1) is 23.7. The number of carbonyl (C=O) groups is 1. The minimum Gasteiger partial charge on any atom is -0.391 e. The van der Waals surface area contributed by atoms with Crippen molar-refractivity contribution in [3.05, 3.63) is 35.0 Å². The van der Waals surface area contributed by atoms with Gasteiger partial charge in [-0.05, 0) is 51.0 Å². The molecule has 5 N–H and O–H groups in total. The number of primary amides is 1. The Kier molecular flexibility index (Phi) is 6.45. The van der Waals surface area contributed by atoms with E-state index in [1.54, 1.807) is 6.20 Å². The molecule has 2 fully saturated rings. The van der Waals surface area contributed by atoms with Crippen LogP contribution in [-0.4, -0.2) is 42.7 Å². The van der Waals surface area contributed by atoms with Crippen LogP contribution in [0.15, 0.2) is 18.3 Å². The average molecular weight is 506 g/mol. The summed E-state index contributed by atoms with van der Waals surface area (Å²) < 4.78 is 30.5. The van der Waals surface area contributed by atoms with Crippen LogP contribution in [-0.2, 0) is 4.79 Å². The van der Waals surface area contributed by atoms with Crippen molar-refractivity contribution in [2.45, 2.75) is 63.1 Å². The first-order chi connectivity index (χ1) is 16.8. The summed E-state index contributed by atoms with van der Waals surface area (Å²) in [6.45, 7) is 0. The first-order valence-corrected chi connectivity index (χ1v) is 12.1. The number of aliphatic hydroxyl groups is 1. The second kappa shape index (κ2) is 9.54.